The first-order valence-electron chi connectivity index (χ1n) is 5.98. The van der Waals surface area contributed by atoms with Crippen molar-refractivity contribution in [1.82, 2.24) is 0 Å². The largest absolute Gasteiger partial charge is 0.416 e. The molecule has 0 amide bonds. The van der Waals surface area contributed by atoms with Crippen molar-refractivity contribution in [3.8, 4) is 0 Å². The molecule has 2 aromatic carbocycles. The van der Waals surface area contributed by atoms with Crippen LogP contribution in [0, 0.1) is 12.7 Å². The van der Waals surface area contributed by atoms with Gasteiger partial charge in [0.25, 0.3) is 0 Å². The van der Waals surface area contributed by atoms with Gasteiger partial charge in [-0.25, -0.2) is 4.39 Å². The summed E-state index contributed by atoms with van der Waals surface area (Å²) in [7, 11) is 0. The van der Waals surface area contributed by atoms with Crippen molar-refractivity contribution in [3.63, 3.8) is 0 Å². The minimum Gasteiger partial charge on any atom is -0.320 e. The molecule has 0 saturated heterocycles. The fourth-order valence-electron chi connectivity index (χ4n) is 2.01. The second-order valence-corrected chi connectivity index (χ2v) is 4.57. The standard InChI is InChI=1S/C15H13F4N/c1-9-6-7-10(8-13(9)16)14(20)11-4-2-3-5-12(11)15(17,18)19/h2-8,14H,20H2,1H3. The zero-order chi connectivity index (χ0) is 14.9. The predicted octanol–water partition coefficient (Wildman–Crippen LogP) is 4.20. The lowest BCUT2D eigenvalue weighted by molar-refractivity contribution is -0.138. The highest BCUT2D eigenvalue weighted by molar-refractivity contribution is 5.39. The quantitative estimate of drug-likeness (QED) is 0.821. The fourth-order valence-corrected chi connectivity index (χ4v) is 2.01. The molecule has 5 heteroatoms. The average molecular weight is 283 g/mol. The summed E-state index contributed by atoms with van der Waals surface area (Å²) in [5.41, 5.74) is 5.73. The third kappa shape index (κ3) is 2.82. The maximum Gasteiger partial charge on any atom is 0.416 e. The van der Waals surface area contributed by atoms with Gasteiger partial charge in [-0.2, -0.15) is 13.2 Å². The number of aryl methyl sites for hydroxylation is 1. The van der Waals surface area contributed by atoms with E-state index in [0.717, 1.165) is 6.07 Å². The van der Waals surface area contributed by atoms with E-state index < -0.39 is 23.6 Å². The summed E-state index contributed by atoms with van der Waals surface area (Å²) in [6.07, 6.45) is -4.49. The van der Waals surface area contributed by atoms with Gasteiger partial charge in [-0.1, -0.05) is 30.3 Å². The second kappa shape index (κ2) is 5.25. The Morgan fingerprint density at radius 2 is 1.70 bits per heavy atom. The molecule has 0 aliphatic rings. The summed E-state index contributed by atoms with van der Waals surface area (Å²) in [5, 5.41) is 0. The molecular weight excluding hydrogens is 270 g/mol. The molecular formula is C15H13F4N. The van der Waals surface area contributed by atoms with E-state index >= 15 is 0 Å². The summed E-state index contributed by atoms with van der Waals surface area (Å²) >= 11 is 0. The Morgan fingerprint density at radius 1 is 1.05 bits per heavy atom. The molecule has 0 bridgehead atoms. The average Bonchev–Trinajstić information content (AvgIpc) is 2.40. The van der Waals surface area contributed by atoms with Crippen molar-refractivity contribution >= 4 is 0 Å². The molecule has 1 nitrogen and oxygen atoms in total. The van der Waals surface area contributed by atoms with Crippen LogP contribution in [0.1, 0.15) is 28.3 Å². The molecule has 106 valence electrons. The number of hydrogen-bond acceptors (Lipinski definition) is 1. The lowest BCUT2D eigenvalue weighted by Gasteiger charge is -2.19. The van der Waals surface area contributed by atoms with E-state index in [9.17, 15) is 17.6 Å². The lowest BCUT2D eigenvalue weighted by Crippen LogP contribution is -2.18. The summed E-state index contributed by atoms with van der Waals surface area (Å²) in [4.78, 5) is 0. The van der Waals surface area contributed by atoms with Crippen molar-refractivity contribution in [1.29, 1.82) is 0 Å². The highest BCUT2D eigenvalue weighted by Gasteiger charge is 2.34. The van der Waals surface area contributed by atoms with Crippen LogP contribution < -0.4 is 5.73 Å². The zero-order valence-electron chi connectivity index (χ0n) is 10.7. The van der Waals surface area contributed by atoms with Crippen molar-refractivity contribution in [2.75, 3.05) is 0 Å². The maximum absolute atomic E-state index is 13.5. The fraction of sp³-hybridized carbons (Fsp3) is 0.200. The van der Waals surface area contributed by atoms with Gasteiger partial charge in [-0.15, -0.1) is 0 Å². The molecule has 0 aliphatic heterocycles. The molecule has 0 aromatic heterocycles. The minimum atomic E-state index is -4.49. The number of hydrogen-bond donors (Lipinski definition) is 1. The monoisotopic (exact) mass is 283 g/mol. The van der Waals surface area contributed by atoms with Gasteiger partial charge in [-0.05, 0) is 35.7 Å². The van der Waals surface area contributed by atoms with Crippen LogP contribution in [0.15, 0.2) is 42.5 Å². The van der Waals surface area contributed by atoms with Crippen LogP contribution in [0.3, 0.4) is 0 Å². The predicted molar refractivity (Wildman–Crippen MR) is 68.6 cm³/mol. The molecule has 0 spiro atoms. The lowest BCUT2D eigenvalue weighted by atomic mass is 9.94. The normalized spacial score (nSPS) is 13.3. The van der Waals surface area contributed by atoms with E-state index in [0.29, 0.717) is 11.1 Å². The molecule has 2 N–H and O–H groups in total. The Hall–Kier alpha value is -1.88. The third-order valence-corrected chi connectivity index (χ3v) is 3.16. The summed E-state index contributed by atoms with van der Waals surface area (Å²) < 4.78 is 52.3. The van der Waals surface area contributed by atoms with Crippen LogP contribution in [0.2, 0.25) is 0 Å². The van der Waals surface area contributed by atoms with Crippen molar-refractivity contribution in [2.24, 2.45) is 5.73 Å². The Labute approximate surface area is 114 Å². The summed E-state index contributed by atoms with van der Waals surface area (Å²) in [5.74, 6) is -0.484. The van der Waals surface area contributed by atoms with E-state index in [1.807, 2.05) is 0 Å². The molecule has 2 rings (SSSR count). The molecule has 1 atom stereocenters. The van der Waals surface area contributed by atoms with Crippen LogP contribution in [0.5, 0.6) is 0 Å². The van der Waals surface area contributed by atoms with Crippen LogP contribution in [-0.2, 0) is 6.18 Å². The van der Waals surface area contributed by atoms with Gasteiger partial charge in [0.15, 0.2) is 0 Å². The number of rotatable bonds is 2. The maximum atomic E-state index is 13.5. The molecule has 0 heterocycles. The number of halogens is 4. The van der Waals surface area contributed by atoms with E-state index in [1.54, 1.807) is 6.92 Å². The number of benzene rings is 2. The van der Waals surface area contributed by atoms with Crippen LogP contribution in [0.4, 0.5) is 17.6 Å². The topological polar surface area (TPSA) is 26.0 Å². The van der Waals surface area contributed by atoms with Crippen molar-refractivity contribution < 1.29 is 17.6 Å². The van der Waals surface area contributed by atoms with Gasteiger partial charge < -0.3 is 5.73 Å². The first-order valence-corrected chi connectivity index (χ1v) is 5.98. The third-order valence-electron chi connectivity index (χ3n) is 3.16. The first-order chi connectivity index (χ1) is 9.30. The second-order valence-electron chi connectivity index (χ2n) is 4.57. The van der Waals surface area contributed by atoms with E-state index in [4.69, 9.17) is 5.73 Å². The highest BCUT2D eigenvalue weighted by Crippen LogP contribution is 2.35. The van der Waals surface area contributed by atoms with Gasteiger partial charge in [0, 0.05) is 0 Å². The smallest absolute Gasteiger partial charge is 0.320 e. The Bertz CT molecular complexity index is 620. The van der Waals surface area contributed by atoms with Crippen molar-refractivity contribution in [3.05, 3.63) is 70.5 Å². The SMILES string of the molecule is Cc1ccc(C(N)c2ccccc2C(F)(F)F)cc1F. The molecule has 0 fully saturated rings. The number of alkyl halides is 3. The van der Waals surface area contributed by atoms with Gasteiger partial charge in [-0.3, -0.25) is 0 Å². The highest BCUT2D eigenvalue weighted by atomic mass is 19.4. The van der Waals surface area contributed by atoms with Crippen molar-refractivity contribution in [2.45, 2.75) is 19.1 Å². The summed E-state index contributed by atoms with van der Waals surface area (Å²) in [6, 6.07) is 8.25. The van der Waals surface area contributed by atoms with Crippen LogP contribution >= 0.6 is 0 Å². The molecule has 0 saturated carbocycles. The molecule has 1 unspecified atom stereocenters. The Kier molecular flexibility index (Phi) is 3.81. The molecule has 0 aliphatic carbocycles. The molecule has 0 radical (unpaired) electrons. The molecule has 2 aromatic rings. The van der Waals surface area contributed by atoms with E-state index in [2.05, 4.69) is 0 Å². The first kappa shape index (κ1) is 14.5. The van der Waals surface area contributed by atoms with E-state index in [-0.39, 0.29) is 5.56 Å². The zero-order valence-corrected chi connectivity index (χ0v) is 10.7. The minimum absolute atomic E-state index is 0.0664. The Balaban J connectivity index is 2.48. The van der Waals surface area contributed by atoms with Crippen LogP contribution in [0.25, 0.3) is 0 Å². The van der Waals surface area contributed by atoms with E-state index in [1.165, 1.54) is 36.4 Å². The number of nitrogens with two attached hydrogens (primary N) is 1. The van der Waals surface area contributed by atoms with Crippen LogP contribution in [-0.4, -0.2) is 0 Å². The van der Waals surface area contributed by atoms with Gasteiger partial charge in [0.05, 0.1) is 11.6 Å². The molecule has 20 heavy (non-hydrogen) atoms. The van der Waals surface area contributed by atoms with Gasteiger partial charge in [0.1, 0.15) is 5.82 Å². The Morgan fingerprint density at radius 3 is 2.30 bits per heavy atom. The summed E-state index contributed by atoms with van der Waals surface area (Å²) in [6.45, 7) is 1.58. The van der Waals surface area contributed by atoms with Gasteiger partial charge in [0.2, 0.25) is 0 Å². The van der Waals surface area contributed by atoms with Gasteiger partial charge >= 0.3 is 6.18 Å².